The maximum Gasteiger partial charge on any atom is 0.149 e. The van der Waals surface area contributed by atoms with Crippen LogP contribution in [0.1, 0.15) is 5.56 Å². The number of aryl methyl sites for hydroxylation is 1. The van der Waals surface area contributed by atoms with E-state index in [2.05, 4.69) is 21.7 Å². The number of hydrogen-bond donors (Lipinski definition) is 2. The van der Waals surface area contributed by atoms with E-state index in [4.69, 9.17) is 0 Å². The third-order valence-corrected chi connectivity index (χ3v) is 1.53. The summed E-state index contributed by atoms with van der Waals surface area (Å²) in [5.74, 6) is 0.887. The van der Waals surface area contributed by atoms with E-state index in [9.17, 15) is 0 Å². The summed E-state index contributed by atoms with van der Waals surface area (Å²) in [6, 6.07) is 2.05. The number of pyridine rings is 1. The van der Waals surface area contributed by atoms with Gasteiger partial charge in [-0.05, 0) is 18.6 Å². The van der Waals surface area contributed by atoms with Gasteiger partial charge in [-0.1, -0.05) is 0 Å². The number of nitrogens with one attached hydrogen (secondary N) is 2. The molecule has 0 unspecified atom stereocenters. The molecule has 0 atom stereocenters. The van der Waals surface area contributed by atoms with Gasteiger partial charge < -0.3 is 10.6 Å². The summed E-state index contributed by atoms with van der Waals surface area (Å²) in [6.07, 6.45) is 1.84. The summed E-state index contributed by atoms with van der Waals surface area (Å²) >= 11 is 0. The van der Waals surface area contributed by atoms with Crippen LogP contribution in [-0.4, -0.2) is 19.1 Å². The first-order chi connectivity index (χ1) is 5.27. The number of hydrogen-bond acceptors (Lipinski definition) is 3. The normalized spacial score (nSPS) is 9.36. The van der Waals surface area contributed by atoms with E-state index < -0.39 is 0 Å². The smallest absolute Gasteiger partial charge is 0.149 e. The molecule has 0 aliphatic heterocycles. The quantitative estimate of drug-likeness (QED) is 0.672. The van der Waals surface area contributed by atoms with E-state index in [1.54, 1.807) is 0 Å². The van der Waals surface area contributed by atoms with E-state index in [0.717, 1.165) is 17.1 Å². The zero-order valence-corrected chi connectivity index (χ0v) is 7.10. The van der Waals surface area contributed by atoms with E-state index in [1.165, 1.54) is 0 Å². The van der Waals surface area contributed by atoms with Gasteiger partial charge >= 0.3 is 0 Å². The van der Waals surface area contributed by atoms with Gasteiger partial charge in [-0.15, -0.1) is 0 Å². The van der Waals surface area contributed by atoms with Crippen molar-refractivity contribution >= 4 is 11.5 Å². The fourth-order valence-corrected chi connectivity index (χ4v) is 0.959. The second kappa shape index (κ2) is 3.23. The Kier molecular flexibility index (Phi) is 2.31. The highest BCUT2D eigenvalue weighted by molar-refractivity contribution is 5.64. The van der Waals surface area contributed by atoms with Crippen molar-refractivity contribution in [1.82, 2.24) is 4.98 Å². The Bertz CT molecular complexity index is 245. The van der Waals surface area contributed by atoms with E-state index in [1.807, 2.05) is 27.2 Å². The summed E-state index contributed by atoms with van der Waals surface area (Å²) in [6.45, 7) is 2.02. The first-order valence-corrected chi connectivity index (χ1v) is 3.60. The average Bonchev–Trinajstić information content (AvgIpc) is 2.04. The predicted molar refractivity (Wildman–Crippen MR) is 48.1 cm³/mol. The van der Waals surface area contributed by atoms with Crippen LogP contribution < -0.4 is 10.6 Å². The fourth-order valence-electron chi connectivity index (χ4n) is 0.959. The Morgan fingerprint density at radius 1 is 1.27 bits per heavy atom. The zero-order chi connectivity index (χ0) is 8.27. The lowest BCUT2D eigenvalue weighted by Gasteiger charge is -2.07. The van der Waals surface area contributed by atoms with Gasteiger partial charge in [0.1, 0.15) is 5.82 Å². The molecule has 0 saturated heterocycles. The van der Waals surface area contributed by atoms with Gasteiger partial charge in [-0.2, -0.15) is 0 Å². The third kappa shape index (κ3) is 1.61. The van der Waals surface area contributed by atoms with Crippen LogP contribution in [0.15, 0.2) is 12.3 Å². The highest BCUT2D eigenvalue weighted by Crippen LogP contribution is 2.17. The minimum atomic E-state index is 0.887. The molecular formula is C8H13N3. The minimum Gasteiger partial charge on any atom is -0.385 e. The molecule has 1 aromatic heterocycles. The van der Waals surface area contributed by atoms with Gasteiger partial charge in [0.15, 0.2) is 0 Å². The van der Waals surface area contributed by atoms with Crippen molar-refractivity contribution in [3.05, 3.63) is 17.8 Å². The maximum atomic E-state index is 4.19. The summed E-state index contributed by atoms with van der Waals surface area (Å²) in [7, 11) is 3.75. The average molecular weight is 151 g/mol. The molecule has 0 aliphatic carbocycles. The fraction of sp³-hybridized carbons (Fsp3) is 0.375. The van der Waals surface area contributed by atoms with E-state index in [0.29, 0.717) is 0 Å². The minimum absolute atomic E-state index is 0.887. The molecule has 11 heavy (non-hydrogen) atoms. The molecule has 0 saturated carbocycles. The predicted octanol–water partition coefficient (Wildman–Crippen LogP) is 1.47. The summed E-state index contributed by atoms with van der Waals surface area (Å²) in [5.41, 5.74) is 2.20. The number of rotatable bonds is 2. The molecule has 1 rings (SSSR count). The summed E-state index contributed by atoms with van der Waals surface area (Å²) in [5, 5.41) is 6.06. The second-order valence-corrected chi connectivity index (χ2v) is 2.41. The van der Waals surface area contributed by atoms with Gasteiger partial charge in [0.05, 0.1) is 5.69 Å². The molecular weight excluding hydrogens is 138 g/mol. The Labute approximate surface area is 66.8 Å². The Hall–Kier alpha value is -1.25. The van der Waals surface area contributed by atoms with Crippen molar-refractivity contribution in [2.24, 2.45) is 0 Å². The molecule has 0 aliphatic rings. The summed E-state index contributed by atoms with van der Waals surface area (Å²) in [4.78, 5) is 4.19. The molecule has 60 valence electrons. The zero-order valence-electron chi connectivity index (χ0n) is 7.10. The monoisotopic (exact) mass is 151 g/mol. The van der Waals surface area contributed by atoms with Crippen molar-refractivity contribution in [3.8, 4) is 0 Å². The van der Waals surface area contributed by atoms with Gasteiger partial charge in [0.2, 0.25) is 0 Å². The van der Waals surface area contributed by atoms with Crippen LogP contribution in [0.5, 0.6) is 0 Å². The standard InChI is InChI=1S/C8H13N3/c1-6-4-7(9-2)8(10-3)11-5-6/h4-5,9H,1-3H3,(H,10,11). The molecule has 3 nitrogen and oxygen atoms in total. The van der Waals surface area contributed by atoms with E-state index >= 15 is 0 Å². The van der Waals surface area contributed by atoms with Crippen molar-refractivity contribution in [2.75, 3.05) is 24.7 Å². The molecule has 0 spiro atoms. The van der Waals surface area contributed by atoms with Crippen LogP contribution in [0.4, 0.5) is 11.5 Å². The lowest BCUT2D eigenvalue weighted by molar-refractivity contribution is 1.24. The molecule has 3 heteroatoms. The SMILES string of the molecule is CNc1cc(C)cnc1NC. The molecule has 2 N–H and O–H groups in total. The molecule has 0 bridgehead atoms. The number of aromatic nitrogens is 1. The van der Waals surface area contributed by atoms with Crippen LogP contribution in [0.2, 0.25) is 0 Å². The lowest BCUT2D eigenvalue weighted by atomic mass is 10.3. The van der Waals surface area contributed by atoms with Gasteiger partial charge in [0, 0.05) is 20.3 Å². The Morgan fingerprint density at radius 2 is 2.00 bits per heavy atom. The van der Waals surface area contributed by atoms with Crippen molar-refractivity contribution < 1.29 is 0 Å². The van der Waals surface area contributed by atoms with Gasteiger partial charge in [-0.3, -0.25) is 0 Å². The number of nitrogens with zero attached hydrogens (tertiary/aromatic N) is 1. The van der Waals surface area contributed by atoms with Crippen LogP contribution in [0.25, 0.3) is 0 Å². The highest BCUT2D eigenvalue weighted by atomic mass is 15.0. The molecule has 1 heterocycles. The Balaban J connectivity index is 3.06. The first-order valence-electron chi connectivity index (χ1n) is 3.60. The topological polar surface area (TPSA) is 37.0 Å². The summed E-state index contributed by atoms with van der Waals surface area (Å²) < 4.78 is 0. The second-order valence-electron chi connectivity index (χ2n) is 2.41. The maximum absolute atomic E-state index is 4.19. The highest BCUT2D eigenvalue weighted by Gasteiger charge is 1.98. The van der Waals surface area contributed by atoms with Crippen molar-refractivity contribution in [2.45, 2.75) is 6.92 Å². The molecule has 0 fully saturated rings. The molecule has 1 aromatic rings. The first kappa shape index (κ1) is 7.85. The van der Waals surface area contributed by atoms with Crippen LogP contribution >= 0.6 is 0 Å². The van der Waals surface area contributed by atoms with Gasteiger partial charge in [0.25, 0.3) is 0 Å². The van der Waals surface area contributed by atoms with Gasteiger partial charge in [-0.25, -0.2) is 4.98 Å². The van der Waals surface area contributed by atoms with Crippen molar-refractivity contribution in [1.29, 1.82) is 0 Å². The van der Waals surface area contributed by atoms with Crippen LogP contribution in [-0.2, 0) is 0 Å². The molecule has 0 radical (unpaired) electrons. The van der Waals surface area contributed by atoms with Crippen molar-refractivity contribution in [3.63, 3.8) is 0 Å². The van der Waals surface area contributed by atoms with Crippen LogP contribution in [0.3, 0.4) is 0 Å². The largest absolute Gasteiger partial charge is 0.385 e. The lowest BCUT2D eigenvalue weighted by Crippen LogP contribution is -1.99. The van der Waals surface area contributed by atoms with Crippen LogP contribution in [0, 0.1) is 6.92 Å². The Morgan fingerprint density at radius 3 is 2.55 bits per heavy atom. The molecule has 0 amide bonds. The number of anilines is 2. The third-order valence-electron chi connectivity index (χ3n) is 1.53. The van der Waals surface area contributed by atoms with E-state index in [-0.39, 0.29) is 0 Å². The molecule has 0 aromatic carbocycles.